The highest BCUT2D eigenvalue weighted by Crippen LogP contribution is 2.28. The number of likely N-dealkylation sites (N-methyl/N-ethyl adjacent to an activating group) is 1. The van der Waals surface area contributed by atoms with Crippen LogP contribution < -0.4 is 9.62 Å². The van der Waals surface area contributed by atoms with Gasteiger partial charge in [-0.25, -0.2) is 12.8 Å². The molecule has 1 atom stereocenters. The minimum atomic E-state index is -4.19. The average Bonchev–Trinajstić information content (AvgIpc) is 2.99. The fraction of sp³-hybridized carbons (Fsp3) is 0.235. The quantitative estimate of drug-likeness (QED) is 0.252. The van der Waals surface area contributed by atoms with Gasteiger partial charge in [-0.3, -0.25) is 13.9 Å². The summed E-state index contributed by atoms with van der Waals surface area (Å²) >= 11 is 0. The number of sulfonamides is 1. The number of aryl methyl sites for hydroxylation is 3. The highest BCUT2D eigenvalue weighted by atomic mass is 32.2. The first kappa shape index (κ1) is 31.4. The maximum atomic E-state index is 14.3. The van der Waals surface area contributed by atoms with Crippen LogP contribution in [0.3, 0.4) is 0 Å². The summed E-state index contributed by atoms with van der Waals surface area (Å²) in [7, 11) is -2.70. The van der Waals surface area contributed by atoms with E-state index in [9.17, 15) is 22.4 Å². The number of carbonyl (C=O) groups is 2. The Morgan fingerprint density at radius 2 is 1.44 bits per heavy atom. The predicted molar refractivity (Wildman–Crippen MR) is 167 cm³/mol. The van der Waals surface area contributed by atoms with Crippen molar-refractivity contribution < 1.29 is 22.4 Å². The topological polar surface area (TPSA) is 86.8 Å². The van der Waals surface area contributed by atoms with Crippen LogP contribution in [0.4, 0.5) is 10.1 Å². The van der Waals surface area contributed by atoms with Crippen molar-refractivity contribution in [2.24, 2.45) is 0 Å². The molecule has 0 saturated carbocycles. The van der Waals surface area contributed by atoms with Gasteiger partial charge in [-0.15, -0.1) is 0 Å². The van der Waals surface area contributed by atoms with E-state index in [-0.39, 0.29) is 17.9 Å². The highest BCUT2D eigenvalue weighted by molar-refractivity contribution is 7.92. The van der Waals surface area contributed by atoms with Crippen LogP contribution in [0.25, 0.3) is 0 Å². The molecule has 224 valence electrons. The number of hydrogen-bond donors (Lipinski definition) is 1. The molecule has 0 radical (unpaired) electrons. The summed E-state index contributed by atoms with van der Waals surface area (Å²) in [5, 5.41) is 2.65. The van der Waals surface area contributed by atoms with E-state index in [2.05, 4.69) is 5.32 Å². The second-order valence-corrected chi connectivity index (χ2v) is 12.4. The van der Waals surface area contributed by atoms with Crippen molar-refractivity contribution in [2.45, 2.75) is 44.7 Å². The van der Waals surface area contributed by atoms with E-state index >= 15 is 0 Å². The fourth-order valence-electron chi connectivity index (χ4n) is 4.94. The molecule has 0 saturated heterocycles. The Bertz CT molecular complexity index is 1680. The molecule has 9 heteroatoms. The molecule has 0 aliphatic carbocycles. The molecule has 4 aromatic rings. The normalized spacial score (nSPS) is 11.9. The molecule has 0 fully saturated rings. The third-order valence-corrected chi connectivity index (χ3v) is 9.07. The Morgan fingerprint density at radius 1 is 0.814 bits per heavy atom. The lowest BCUT2D eigenvalue weighted by Gasteiger charge is -2.34. The number of benzene rings is 4. The van der Waals surface area contributed by atoms with Gasteiger partial charge >= 0.3 is 0 Å². The molecule has 2 amide bonds. The lowest BCUT2D eigenvalue weighted by Crippen LogP contribution is -2.53. The van der Waals surface area contributed by atoms with E-state index in [1.807, 2.05) is 50.2 Å². The minimum absolute atomic E-state index is 0.0324. The molecule has 0 unspecified atom stereocenters. The van der Waals surface area contributed by atoms with Crippen molar-refractivity contribution in [2.75, 3.05) is 17.9 Å². The molecule has 7 nitrogen and oxygen atoms in total. The van der Waals surface area contributed by atoms with E-state index in [0.717, 1.165) is 21.0 Å². The van der Waals surface area contributed by atoms with Crippen molar-refractivity contribution >= 4 is 27.5 Å². The van der Waals surface area contributed by atoms with E-state index in [1.165, 1.54) is 36.2 Å². The van der Waals surface area contributed by atoms with Crippen molar-refractivity contribution in [1.29, 1.82) is 0 Å². The molecule has 43 heavy (non-hydrogen) atoms. The Morgan fingerprint density at radius 3 is 2.05 bits per heavy atom. The van der Waals surface area contributed by atoms with Crippen LogP contribution in [-0.2, 0) is 32.6 Å². The van der Waals surface area contributed by atoms with E-state index in [1.54, 1.807) is 43.3 Å². The number of rotatable bonds is 11. The molecule has 0 aliphatic rings. The maximum Gasteiger partial charge on any atom is 0.264 e. The van der Waals surface area contributed by atoms with Crippen molar-refractivity contribution in [1.82, 2.24) is 10.2 Å². The number of halogens is 1. The van der Waals surface area contributed by atoms with Gasteiger partial charge in [0.25, 0.3) is 10.0 Å². The van der Waals surface area contributed by atoms with Crippen LogP contribution in [0.1, 0.15) is 27.8 Å². The average molecular weight is 602 g/mol. The number of amides is 2. The van der Waals surface area contributed by atoms with Gasteiger partial charge in [-0.1, -0.05) is 77.9 Å². The number of hydrogen-bond acceptors (Lipinski definition) is 4. The minimum Gasteiger partial charge on any atom is -0.357 e. The summed E-state index contributed by atoms with van der Waals surface area (Å²) < 4.78 is 43.1. The second-order valence-electron chi connectivity index (χ2n) is 10.6. The number of carbonyl (C=O) groups excluding carboxylic acids is 2. The molecule has 0 aromatic heterocycles. The molecule has 0 aliphatic heterocycles. The second kappa shape index (κ2) is 13.6. The van der Waals surface area contributed by atoms with Crippen LogP contribution in [0.5, 0.6) is 0 Å². The summed E-state index contributed by atoms with van der Waals surface area (Å²) in [6.45, 7) is 4.98. The third kappa shape index (κ3) is 7.67. The molecular formula is C34H36FN3O4S. The highest BCUT2D eigenvalue weighted by Gasteiger charge is 2.34. The molecule has 0 heterocycles. The van der Waals surface area contributed by atoms with Crippen LogP contribution >= 0.6 is 0 Å². The smallest absolute Gasteiger partial charge is 0.264 e. The van der Waals surface area contributed by atoms with Gasteiger partial charge in [0.15, 0.2) is 0 Å². The zero-order valence-corrected chi connectivity index (χ0v) is 25.6. The van der Waals surface area contributed by atoms with E-state index in [4.69, 9.17) is 0 Å². The summed E-state index contributed by atoms with van der Waals surface area (Å²) in [5.74, 6) is -1.41. The number of nitrogens with zero attached hydrogens (tertiary/aromatic N) is 2. The lowest BCUT2D eigenvalue weighted by atomic mass is 10.0. The standard InChI is InChI=1S/C34H36FN3O4S/c1-24-10-17-30(18-11-24)43(41,42)38(31-19-12-25(2)20-26(31)3)23-33(39)37(22-28-13-15-29(35)16-14-28)32(34(40)36-4)21-27-8-6-5-7-9-27/h5-20,32H,21-23H2,1-4H3,(H,36,40)/t32-/m1/s1. The van der Waals surface area contributed by atoms with Crippen LogP contribution in [0.15, 0.2) is 102 Å². The fourth-order valence-corrected chi connectivity index (χ4v) is 6.42. The largest absolute Gasteiger partial charge is 0.357 e. The molecule has 4 aromatic carbocycles. The molecule has 4 rings (SSSR count). The first-order valence-electron chi connectivity index (χ1n) is 14.0. The monoisotopic (exact) mass is 601 g/mol. The van der Waals surface area contributed by atoms with Crippen LogP contribution in [0, 0.1) is 26.6 Å². The van der Waals surface area contributed by atoms with Gasteiger partial charge < -0.3 is 10.2 Å². The van der Waals surface area contributed by atoms with Gasteiger partial charge in [0.05, 0.1) is 10.6 Å². The van der Waals surface area contributed by atoms with E-state index < -0.39 is 40.2 Å². The summed E-state index contributed by atoms with van der Waals surface area (Å²) in [6.07, 6.45) is 0.196. The van der Waals surface area contributed by atoms with Gasteiger partial charge in [-0.2, -0.15) is 0 Å². The van der Waals surface area contributed by atoms with E-state index in [0.29, 0.717) is 16.8 Å². The summed E-state index contributed by atoms with van der Waals surface area (Å²) in [6, 6.07) is 25.8. The van der Waals surface area contributed by atoms with Gasteiger partial charge in [0.1, 0.15) is 18.4 Å². The van der Waals surface area contributed by atoms with Crippen LogP contribution in [-0.4, -0.2) is 44.8 Å². The number of anilines is 1. The predicted octanol–water partition coefficient (Wildman–Crippen LogP) is 5.33. The Balaban J connectivity index is 1.81. The first-order chi connectivity index (χ1) is 20.5. The zero-order chi connectivity index (χ0) is 31.1. The van der Waals surface area contributed by atoms with Crippen molar-refractivity contribution in [3.8, 4) is 0 Å². The lowest BCUT2D eigenvalue weighted by molar-refractivity contribution is -0.139. The SMILES string of the molecule is CNC(=O)[C@@H](Cc1ccccc1)N(Cc1ccc(F)cc1)C(=O)CN(c1ccc(C)cc1C)S(=O)(=O)c1ccc(C)cc1. The Hall–Kier alpha value is -4.50. The molecule has 1 N–H and O–H groups in total. The number of nitrogens with one attached hydrogen (secondary N) is 1. The summed E-state index contributed by atoms with van der Waals surface area (Å²) in [5.41, 5.74) is 4.30. The first-order valence-corrected chi connectivity index (χ1v) is 15.4. The van der Waals surface area contributed by atoms with Gasteiger partial charge in [0, 0.05) is 20.0 Å². The summed E-state index contributed by atoms with van der Waals surface area (Å²) in [4.78, 5) is 29.1. The van der Waals surface area contributed by atoms with Gasteiger partial charge in [0.2, 0.25) is 11.8 Å². The Labute approximate surface area is 253 Å². The zero-order valence-electron chi connectivity index (χ0n) is 24.7. The van der Waals surface area contributed by atoms with Crippen molar-refractivity contribution in [3.05, 3.63) is 131 Å². The van der Waals surface area contributed by atoms with Crippen molar-refractivity contribution in [3.63, 3.8) is 0 Å². The van der Waals surface area contributed by atoms with Crippen LogP contribution in [0.2, 0.25) is 0 Å². The molecule has 0 bridgehead atoms. The molecule has 0 spiro atoms. The van der Waals surface area contributed by atoms with Gasteiger partial charge in [-0.05, 0) is 67.8 Å². The Kier molecular flexibility index (Phi) is 9.98. The molecular weight excluding hydrogens is 565 g/mol. The third-order valence-electron chi connectivity index (χ3n) is 7.29. The maximum absolute atomic E-state index is 14.3.